The van der Waals surface area contributed by atoms with Crippen molar-refractivity contribution in [2.24, 2.45) is 0 Å². The van der Waals surface area contributed by atoms with Crippen LogP contribution in [0.4, 0.5) is 5.69 Å². The molecule has 4 nitrogen and oxygen atoms in total. The number of ether oxygens (including phenoxy) is 2. The smallest absolute Gasteiger partial charge is 0.338 e. The Bertz CT molecular complexity index is 387. The lowest BCUT2D eigenvalue weighted by atomic mass is 10.0. The van der Waals surface area contributed by atoms with Crippen molar-refractivity contribution < 1.29 is 14.3 Å². The molecule has 0 atom stereocenters. The van der Waals surface area contributed by atoms with E-state index in [0.717, 1.165) is 11.1 Å². The van der Waals surface area contributed by atoms with Crippen LogP contribution in [-0.4, -0.2) is 13.1 Å². The highest BCUT2D eigenvalue weighted by Gasteiger charge is 2.20. The van der Waals surface area contributed by atoms with Crippen molar-refractivity contribution in [1.82, 2.24) is 0 Å². The Morgan fingerprint density at radius 2 is 2.29 bits per heavy atom. The van der Waals surface area contributed by atoms with Crippen LogP contribution in [0.15, 0.2) is 12.1 Å². The van der Waals surface area contributed by atoms with E-state index in [9.17, 15) is 4.79 Å². The van der Waals surface area contributed by atoms with Crippen LogP contribution in [0.25, 0.3) is 0 Å². The predicted molar refractivity (Wildman–Crippen MR) is 50.7 cm³/mol. The van der Waals surface area contributed by atoms with Gasteiger partial charge in [-0.15, -0.1) is 0 Å². The molecule has 1 aliphatic heterocycles. The Hall–Kier alpha value is -1.55. The minimum absolute atomic E-state index is 0.362. The molecular weight excluding hydrogens is 182 g/mol. The van der Waals surface area contributed by atoms with Crippen LogP contribution in [0, 0.1) is 0 Å². The molecule has 0 bridgehead atoms. The van der Waals surface area contributed by atoms with Gasteiger partial charge in [-0.1, -0.05) is 0 Å². The minimum Gasteiger partial charge on any atom is -0.465 e. The summed E-state index contributed by atoms with van der Waals surface area (Å²) >= 11 is 0. The Kier molecular flexibility index (Phi) is 2.13. The summed E-state index contributed by atoms with van der Waals surface area (Å²) < 4.78 is 9.91. The van der Waals surface area contributed by atoms with Crippen molar-refractivity contribution in [3.63, 3.8) is 0 Å². The monoisotopic (exact) mass is 193 g/mol. The number of hydrogen-bond acceptors (Lipinski definition) is 4. The summed E-state index contributed by atoms with van der Waals surface area (Å²) in [4.78, 5) is 11.4. The molecule has 2 N–H and O–H groups in total. The van der Waals surface area contributed by atoms with Crippen molar-refractivity contribution in [3.05, 3.63) is 28.8 Å². The van der Waals surface area contributed by atoms with Gasteiger partial charge in [-0.25, -0.2) is 4.79 Å². The van der Waals surface area contributed by atoms with E-state index in [4.69, 9.17) is 10.5 Å². The number of benzene rings is 1. The maximum Gasteiger partial charge on any atom is 0.338 e. The lowest BCUT2D eigenvalue weighted by molar-refractivity contribution is 0.0596. The number of rotatable bonds is 1. The second-order valence-electron chi connectivity index (χ2n) is 3.19. The fourth-order valence-corrected chi connectivity index (χ4v) is 1.61. The van der Waals surface area contributed by atoms with Gasteiger partial charge in [-0.2, -0.15) is 0 Å². The predicted octanol–water partition coefficient (Wildman–Crippen LogP) is 1.09. The maximum atomic E-state index is 11.4. The third-order valence-corrected chi connectivity index (χ3v) is 2.27. The van der Waals surface area contributed by atoms with Crippen molar-refractivity contribution in [2.75, 3.05) is 12.8 Å². The van der Waals surface area contributed by atoms with Crippen molar-refractivity contribution in [3.8, 4) is 0 Å². The largest absolute Gasteiger partial charge is 0.465 e. The van der Waals surface area contributed by atoms with E-state index in [1.54, 1.807) is 6.07 Å². The Morgan fingerprint density at radius 3 is 3.00 bits per heavy atom. The number of esters is 1. The van der Waals surface area contributed by atoms with E-state index in [1.807, 2.05) is 6.07 Å². The lowest BCUT2D eigenvalue weighted by Crippen LogP contribution is -2.06. The number of carbonyl (C=O) groups excluding carboxylic acids is 1. The van der Waals surface area contributed by atoms with Gasteiger partial charge in [0.15, 0.2) is 0 Å². The summed E-state index contributed by atoms with van der Waals surface area (Å²) in [6.45, 7) is 0.977. The summed E-state index contributed by atoms with van der Waals surface area (Å²) in [5.41, 5.74) is 8.61. The van der Waals surface area contributed by atoms with Gasteiger partial charge >= 0.3 is 5.97 Å². The number of methoxy groups -OCH3 is 1. The van der Waals surface area contributed by atoms with Crippen molar-refractivity contribution in [1.29, 1.82) is 0 Å². The van der Waals surface area contributed by atoms with Gasteiger partial charge in [0.2, 0.25) is 0 Å². The summed E-state index contributed by atoms with van der Waals surface area (Å²) in [6, 6.07) is 3.45. The summed E-state index contributed by atoms with van der Waals surface area (Å²) in [5.74, 6) is -0.362. The zero-order valence-corrected chi connectivity index (χ0v) is 7.87. The van der Waals surface area contributed by atoms with Crippen LogP contribution in [-0.2, 0) is 22.7 Å². The standard InChI is InChI=1S/C10H11NO3/c1-13-10(12)8-3-7(11)2-6-4-14-5-9(6)8/h2-3H,4-5,11H2,1H3. The van der Waals surface area contributed by atoms with Crippen molar-refractivity contribution in [2.45, 2.75) is 13.2 Å². The van der Waals surface area contributed by atoms with Crippen LogP contribution in [0.3, 0.4) is 0 Å². The highest BCUT2D eigenvalue weighted by molar-refractivity contribution is 5.92. The average Bonchev–Trinajstić information content (AvgIpc) is 2.62. The SMILES string of the molecule is COC(=O)c1cc(N)cc2c1COC2. The first-order valence-electron chi connectivity index (χ1n) is 4.29. The fraction of sp³-hybridized carbons (Fsp3) is 0.300. The zero-order chi connectivity index (χ0) is 10.1. The molecule has 74 valence electrons. The van der Waals surface area contributed by atoms with Crippen LogP contribution < -0.4 is 5.73 Å². The normalized spacial score (nSPS) is 13.8. The highest BCUT2D eigenvalue weighted by Crippen LogP contribution is 2.26. The van der Waals surface area contributed by atoms with Crippen molar-refractivity contribution >= 4 is 11.7 Å². The molecule has 1 heterocycles. The molecule has 1 aliphatic rings. The van der Waals surface area contributed by atoms with E-state index in [2.05, 4.69) is 4.74 Å². The van der Waals surface area contributed by atoms with E-state index in [0.29, 0.717) is 24.5 Å². The van der Waals surface area contributed by atoms with Gasteiger partial charge in [0.1, 0.15) is 0 Å². The molecule has 0 aliphatic carbocycles. The average molecular weight is 193 g/mol. The van der Waals surface area contributed by atoms with Gasteiger partial charge in [0.25, 0.3) is 0 Å². The molecule has 0 saturated carbocycles. The molecule has 2 rings (SSSR count). The lowest BCUT2D eigenvalue weighted by Gasteiger charge is -2.06. The molecule has 1 aromatic carbocycles. The number of anilines is 1. The molecule has 14 heavy (non-hydrogen) atoms. The van der Waals surface area contributed by atoms with Crippen LogP contribution in [0.2, 0.25) is 0 Å². The van der Waals surface area contributed by atoms with Gasteiger partial charge in [-0.05, 0) is 23.3 Å². The van der Waals surface area contributed by atoms with Gasteiger partial charge in [0, 0.05) is 5.69 Å². The molecule has 0 fully saturated rings. The first-order chi connectivity index (χ1) is 6.72. The summed E-state index contributed by atoms with van der Waals surface area (Å²) in [7, 11) is 1.35. The second-order valence-corrected chi connectivity index (χ2v) is 3.19. The molecule has 0 radical (unpaired) electrons. The highest BCUT2D eigenvalue weighted by atomic mass is 16.5. The Labute approximate surface area is 81.6 Å². The number of nitrogens with two attached hydrogens (primary N) is 1. The first kappa shape index (κ1) is 9.02. The molecule has 0 amide bonds. The van der Waals surface area contributed by atoms with Crippen LogP contribution in [0.5, 0.6) is 0 Å². The molecule has 0 unspecified atom stereocenters. The third kappa shape index (κ3) is 1.33. The molecule has 0 spiro atoms. The topological polar surface area (TPSA) is 61.5 Å². The molecule has 0 aromatic heterocycles. The molecule has 0 saturated heterocycles. The number of hydrogen-bond donors (Lipinski definition) is 1. The van der Waals surface area contributed by atoms with Gasteiger partial charge in [-0.3, -0.25) is 0 Å². The second kappa shape index (κ2) is 3.31. The third-order valence-electron chi connectivity index (χ3n) is 2.27. The number of carbonyl (C=O) groups is 1. The molecule has 4 heteroatoms. The van der Waals surface area contributed by atoms with Crippen LogP contribution >= 0.6 is 0 Å². The van der Waals surface area contributed by atoms with Crippen LogP contribution in [0.1, 0.15) is 21.5 Å². The van der Waals surface area contributed by atoms with E-state index in [1.165, 1.54) is 7.11 Å². The quantitative estimate of drug-likeness (QED) is 0.535. The Balaban J connectivity index is 2.54. The first-order valence-corrected chi connectivity index (χ1v) is 4.29. The minimum atomic E-state index is -0.362. The number of nitrogen functional groups attached to an aromatic ring is 1. The maximum absolute atomic E-state index is 11.4. The van der Waals surface area contributed by atoms with E-state index < -0.39 is 0 Å². The van der Waals surface area contributed by atoms with Gasteiger partial charge in [0.05, 0.1) is 25.9 Å². The van der Waals surface area contributed by atoms with Gasteiger partial charge < -0.3 is 15.2 Å². The number of fused-ring (bicyclic) bond motifs is 1. The Morgan fingerprint density at radius 1 is 1.50 bits per heavy atom. The zero-order valence-electron chi connectivity index (χ0n) is 7.87. The summed E-state index contributed by atoms with van der Waals surface area (Å²) in [6.07, 6.45) is 0. The molecule has 1 aromatic rings. The van der Waals surface area contributed by atoms with E-state index in [-0.39, 0.29) is 5.97 Å². The van der Waals surface area contributed by atoms with E-state index >= 15 is 0 Å². The molecular formula is C10H11NO3. The fourth-order valence-electron chi connectivity index (χ4n) is 1.61. The summed E-state index contributed by atoms with van der Waals surface area (Å²) in [5, 5.41) is 0.